The van der Waals surface area contributed by atoms with Crippen molar-refractivity contribution in [2.75, 3.05) is 0 Å². The van der Waals surface area contributed by atoms with Crippen LogP contribution in [0.4, 0.5) is 4.39 Å². The highest BCUT2D eigenvalue weighted by Gasteiger charge is 2.08. The van der Waals surface area contributed by atoms with E-state index in [1.807, 2.05) is 11.4 Å². The topological polar surface area (TPSA) is 17.1 Å². The minimum atomic E-state index is -1.12. The summed E-state index contributed by atoms with van der Waals surface area (Å²) < 4.78 is 25.6. The van der Waals surface area contributed by atoms with Gasteiger partial charge in [0.25, 0.3) is 0 Å². The molecule has 1 heterocycles. The van der Waals surface area contributed by atoms with Crippen molar-refractivity contribution >= 4 is 38.1 Å². The first-order chi connectivity index (χ1) is 7.66. The fraction of sp³-hybridized carbons (Fsp3) is 0.0909. The molecule has 84 valence electrons. The number of rotatable bonds is 3. The second-order valence-corrected chi connectivity index (χ2v) is 6.44. The van der Waals surface area contributed by atoms with Crippen LogP contribution in [0.3, 0.4) is 0 Å². The zero-order valence-electron chi connectivity index (χ0n) is 8.15. The van der Waals surface area contributed by atoms with E-state index in [2.05, 4.69) is 15.9 Å². The first kappa shape index (κ1) is 12.0. The Morgan fingerprint density at radius 2 is 1.94 bits per heavy atom. The molecule has 0 saturated carbocycles. The molecule has 0 fully saturated rings. The van der Waals surface area contributed by atoms with Crippen LogP contribution < -0.4 is 0 Å². The molecule has 0 aliphatic heterocycles. The number of hydrogen-bond donors (Lipinski definition) is 0. The molecule has 1 aromatic heterocycles. The van der Waals surface area contributed by atoms with Crippen molar-refractivity contribution in [1.29, 1.82) is 0 Å². The summed E-state index contributed by atoms with van der Waals surface area (Å²) in [4.78, 5) is 1.70. The van der Waals surface area contributed by atoms with E-state index in [-0.39, 0.29) is 5.82 Å². The SMILES string of the molecule is O=S(Cc1sccc1Br)c1ccc(F)cc1. The van der Waals surface area contributed by atoms with Gasteiger partial charge in [-0.15, -0.1) is 11.3 Å². The Kier molecular flexibility index (Phi) is 3.89. The summed E-state index contributed by atoms with van der Waals surface area (Å²) in [6.45, 7) is 0. The van der Waals surface area contributed by atoms with Gasteiger partial charge in [0.2, 0.25) is 0 Å². The minimum Gasteiger partial charge on any atom is -0.254 e. The van der Waals surface area contributed by atoms with Crippen LogP contribution in [0.2, 0.25) is 0 Å². The number of benzene rings is 1. The molecule has 0 spiro atoms. The molecule has 0 radical (unpaired) electrons. The summed E-state index contributed by atoms with van der Waals surface area (Å²) in [5, 5.41) is 1.95. The average Bonchev–Trinajstić information content (AvgIpc) is 2.65. The molecule has 0 aliphatic carbocycles. The van der Waals surface area contributed by atoms with Gasteiger partial charge >= 0.3 is 0 Å². The van der Waals surface area contributed by atoms with Gasteiger partial charge in [0.15, 0.2) is 0 Å². The van der Waals surface area contributed by atoms with Crippen LogP contribution in [0.5, 0.6) is 0 Å². The third-order valence-electron chi connectivity index (χ3n) is 2.03. The van der Waals surface area contributed by atoms with Crippen LogP contribution in [0.15, 0.2) is 45.1 Å². The van der Waals surface area contributed by atoms with Gasteiger partial charge in [0.1, 0.15) is 5.82 Å². The molecule has 1 atom stereocenters. The van der Waals surface area contributed by atoms with Crippen LogP contribution in [-0.2, 0) is 16.6 Å². The van der Waals surface area contributed by atoms with Crippen LogP contribution in [-0.4, -0.2) is 4.21 Å². The maximum atomic E-state index is 12.7. The molecule has 0 aliphatic rings. The van der Waals surface area contributed by atoms with E-state index in [0.29, 0.717) is 10.6 Å². The van der Waals surface area contributed by atoms with Gasteiger partial charge in [-0.2, -0.15) is 0 Å². The smallest absolute Gasteiger partial charge is 0.123 e. The summed E-state index contributed by atoms with van der Waals surface area (Å²) in [6.07, 6.45) is 0. The van der Waals surface area contributed by atoms with Crippen molar-refractivity contribution in [2.24, 2.45) is 0 Å². The lowest BCUT2D eigenvalue weighted by Crippen LogP contribution is -1.95. The first-order valence-corrected chi connectivity index (χ1v) is 7.52. The van der Waals surface area contributed by atoms with Gasteiger partial charge in [-0.3, -0.25) is 4.21 Å². The van der Waals surface area contributed by atoms with E-state index < -0.39 is 10.8 Å². The van der Waals surface area contributed by atoms with Crippen molar-refractivity contribution < 1.29 is 8.60 Å². The van der Waals surface area contributed by atoms with E-state index >= 15 is 0 Å². The molecule has 16 heavy (non-hydrogen) atoms. The fourth-order valence-corrected chi connectivity index (χ4v) is 4.27. The Morgan fingerprint density at radius 3 is 2.50 bits per heavy atom. The summed E-state index contributed by atoms with van der Waals surface area (Å²) >= 11 is 4.96. The Bertz CT molecular complexity index is 507. The average molecular weight is 319 g/mol. The number of halogens is 2. The Morgan fingerprint density at radius 1 is 1.25 bits per heavy atom. The van der Waals surface area contributed by atoms with Gasteiger partial charge in [-0.05, 0) is 51.6 Å². The van der Waals surface area contributed by atoms with E-state index in [4.69, 9.17) is 0 Å². The maximum absolute atomic E-state index is 12.7. The molecule has 0 saturated heterocycles. The predicted molar refractivity (Wildman–Crippen MR) is 68.5 cm³/mol. The number of thiophene rings is 1. The quantitative estimate of drug-likeness (QED) is 0.837. The Labute approximate surface area is 108 Å². The molecule has 1 unspecified atom stereocenters. The van der Waals surface area contributed by atoms with Crippen LogP contribution in [0.1, 0.15) is 4.88 Å². The fourth-order valence-electron chi connectivity index (χ4n) is 1.22. The second-order valence-electron chi connectivity index (χ2n) is 3.14. The third-order valence-corrected chi connectivity index (χ3v) is 5.49. The van der Waals surface area contributed by atoms with Crippen LogP contribution in [0.25, 0.3) is 0 Å². The Balaban J connectivity index is 2.15. The summed E-state index contributed by atoms with van der Waals surface area (Å²) in [7, 11) is -1.12. The van der Waals surface area contributed by atoms with E-state index in [9.17, 15) is 8.60 Å². The number of hydrogen-bond acceptors (Lipinski definition) is 2. The molecule has 0 bridgehead atoms. The lowest BCUT2D eigenvalue weighted by molar-refractivity contribution is 0.626. The van der Waals surface area contributed by atoms with Crippen molar-refractivity contribution in [3.8, 4) is 0 Å². The van der Waals surface area contributed by atoms with Crippen molar-refractivity contribution in [3.05, 3.63) is 50.9 Å². The highest BCUT2D eigenvalue weighted by atomic mass is 79.9. The maximum Gasteiger partial charge on any atom is 0.123 e. The normalized spacial score (nSPS) is 12.6. The van der Waals surface area contributed by atoms with Gasteiger partial charge in [0.05, 0.1) is 16.6 Å². The van der Waals surface area contributed by atoms with E-state index in [1.54, 1.807) is 23.5 Å². The highest BCUT2D eigenvalue weighted by Crippen LogP contribution is 2.25. The molecular weight excluding hydrogens is 311 g/mol. The van der Waals surface area contributed by atoms with Gasteiger partial charge in [-0.1, -0.05) is 0 Å². The molecular formula is C11H8BrFOS2. The van der Waals surface area contributed by atoms with Crippen molar-refractivity contribution in [2.45, 2.75) is 10.6 Å². The second kappa shape index (κ2) is 5.21. The minimum absolute atomic E-state index is 0.307. The molecule has 1 aromatic carbocycles. The third kappa shape index (κ3) is 2.78. The van der Waals surface area contributed by atoms with Gasteiger partial charge < -0.3 is 0 Å². The van der Waals surface area contributed by atoms with Gasteiger partial charge in [0, 0.05) is 14.2 Å². The summed E-state index contributed by atoms with van der Waals surface area (Å²) in [5.41, 5.74) is 0. The van der Waals surface area contributed by atoms with Gasteiger partial charge in [-0.25, -0.2) is 4.39 Å². The van der Waals surface area contributed by atoms with Crippen LogP contribution >= 0.6 is 27.3 Å². The molecule has 0 amide bonds. The van der Waals surface area contributed by atoms with Crippen molar-refractivity contribution in [3.63, 3.8) is 0 Å². The molecule has 2 aromatic rings. The molecule has 5 heteroatoms. The van der Waals surface area contributed by atoms with E-state index in [1.165, 1.54) is 12.1 Å². The molecule has 0 N–H and O–H groups in total. The molecule has 2 rings (SSSR count). The predicted octanol–water partition coefficient (Wildman–Crippen LogP) is 3.96. The lowest BCUT2D eigenvalue weighted by atomic mass is 10.4. The first-order valence-electron chi connectivity index (χ1n) is 4.52. The summed E-state index contributed by atoms with van der Waals surface area (Å²) in [6, 6.07) is 7.72. The highest BCUT2D eigenvalue weighted by molar-refractivity contribution is 9.10. The largest absolute Gasteiger partial charge is 0.254 e. The van der Waals surface area contributed by atoms with Crippen LogP contribution in [0, 0.1) is 5.82 Å². The monoisotopic (exact) mass is 318 g/mol. The zero-order valence-corrected chi connectivity index (χ0v) is 11.4. The van der Waals surface area contributed by atoms with E-state index in [0.717, 1.165) is 9.35 Å². The lowest BCUT2D eigenvalue weighted by Gasteiger charge is -2.01. The molecule has 1 nitrogen and oxygen atoms in total. The standard InChI is InChI=1S/C11H8BrFOS2/c12-10-5-6-15-11(10)7-16(14)9-3-1-8(13)2-4-9/h1-6H,7H2. The Hall–Kier alpha value is -0.520. The summed E-state index contributed by atoms with van der Waals surface area (Å²) in [5.74, 6) is 0.155. The van der Waals surface area contributed by atoms with Crippen molar-refractivity contribution in [1.82, 2.24) is 0 Å². The zero-order chi connectivity index (χ0) is 11.5.